The van der Waals surface area contributed by atoms with Crippen LogP contribution in [0.25, 0.3) is 0 Å². The Kier molecular flexibility index (Phi) is 24.2. The van der Waals surface area contributed by atoms with Crippen LogP contribution in [0.5, 0.6) is 0 Å². The van der Waals surface area contributed by atoms with Gasteiger partial charge in [-0.2, -0.15) is 0 Å². The molecule has 0 radical (unpaired) electrons. The Labute approximate surface area is 493 Å². The van der Waals surface area contributed by atoms with Crippen LogP contribution in [0, 0.1) is 52.3 Å². The second-order valence-electron chi connectivity index (χ2n) is 25.9. The van der Waals surface area contributed by atoms with E-state index in [2.05, 4.69) is 42.1 Å². The number of carbonyl (C=O) groups excluding carboxylic acids is 9. The molecule has 7 amide bonds. The summed E-state index contributed by atoms with van der Waals surface area (Å²) >= 11 is 0. The van der Waals surface area contributed by atoms with Crippen molar-refractivity contribution in [1.82, 2.24) is 35.9 Å². The predicted octanol–water partition coefficient (Wildman–Crippen LogP) is 7.12. The highest BCUT2D eigenvalue weighted by Crippen LogP contribution is 2.63. The van der Waals surface area contributed by atoms with Crippen LogP contribution in [0.2, 0.25) is 0 Å². The third-order valence-corrected chi connectivity index (χ3v) is 19.0. The number of Topliss-reactive ketones (excluding diaryl/α,β-unsaturated/α-hetero) is 2. The van der Waals surface area contributed by atoms with Crippen molar-refractivity contribution in [1.29, 1.82) is 0 Å². The maximum atomic E-state index is 14.5. The van der Waals surface area contributed by atoms with Gasteiger partial charge < -0.3 is 19.7 Å². The van der Waals surface area contributed by atoms with Crippen molar-refractivity contribution in [2.75, 3.05) is 54.1 Å². The molecule has 1 aromatic rings. The number of nitrogens with zero attached hydrogens (tertiary/aromatic N) is 4. The maximum absolute atomic E-state index is 14.5. The van der Waals surface area contributed by atoms with Crippen molar-refractivity contribution < 1.29 is 57.5 Å². The number of likely N-dealkylation sites (tertiary alicyclic amines) is 1. The number of methoxy groups -OCH3 is 2. The summed E-state index contributed by atoms with van der Waals surface area (Å²) in [6, 6.07) is 8.57. The normalized spacial score (nSPS) is 24.1. The molecule has 5 aliphatic rings. The molecule has 83 heavy (non-hydrogen) atoms. The molecule has 2 saturated heterocycles. The average Bonchev–Trinajstić information content (AvgIpc) is 2.02. The molecule has 12 unspecified atom stereocenters. The van der Waals surface area contributed by atoms with E-state index in [0.717, 1.165) is 42.6 Å². The Morgan fingerprint density at radius 3 is 2.18 bits per heavy atom. The van der Waals surface area contributed by atoms with Crippen LogP contribution in [0.15, 0.2) is 42.5 Å². The van der Waals surface area contributed by atoms with E-state index >= 15 is 0 Å². The van der Waals surface area contributed by atoms with E-state index in [9.17, 15) is 43.2 Å². The van der Waals surface area contributed by atoms with Crippen molar-refractivity contribution >= 4 is 52.9 Å². The number of imide groups is 1. The Bertz CT molecular complexity index is 2440. The van der Waals surface area contributed by atoms with E-state index in [4.69, 9.17) is 14.3 Å². The highest BCUT2D eigenvalue weighted by Gasteiger charge is 2.61. The lowest BCUT2D eigenvalue weighted by molar-refractivity contribution is -0.203. The molecular formula is C64H99N7O12. The van der Waals surface area contributed by atoms with E-state index in [-0.39, 0.29) is 103 Å². The lowest BCUT2D eigenvalue weighted by atomic mass is 9.80. The van der Waals surface area contributed by atoms with E-state index in [1.165, 1.54) is 12.2 Å². The molecule has 2 saturated carbocycles. The zero-order chi connectivity index (χ0) is 60.9. The first-order valence-electron chi connectivity index (χ1n) is 31.0. The molecule has 6 rings (SSSR count). The quantitative estimate of drug-likeness (QED) is 0.0471. The van der Waals surface area contributed by atoms with Gasteiger partial charge in [0, 0.05) is 76.1 Å². The molecule has 3 N–H and O–H groups in total. The van der Waals surface area contributed by atoms with Crippen LogP contribution < -0.4 is 16.2 Å². The first-order chi connectivity index (χ1) is 39.4. The smallest absolute Gasteiger partial charge is 0.253 e. The summed E-state index contributed by atoms with van der Waals surface area (Å²) in [5.41, 5.74) is 4.47. The Morgan fingerprint density at radius 1 is 0.867 bits per heavy atom. The van der Waals surface area contributed by atoms with Gasteiger partial charge in [-0.15, -0.1) is 0 Å². The lowest BCUT2D eigenvalue weighted by Crippen LogP contribution is -2.54. The minimum atomic E-state index is -0.986. The van der Waals surface area contributed by atoms with Crippen LogP contribution in [-0.4, -0.2) is 157 Å². The molecule has 0 spiro atoms. The number of ketones is 2. The lowest BCUT2D eigenvalue weighted by Gasteiger charge is -2.36. The minimum Gasteiger partial charge on any atom is -0.381 e. The topological polar surface area (TPSA) is 230 Å². The third kappa shape index (κ3) is 17.0. The van der Waals surface area contributed by atoms with E-state index in [0.29, 0.717) is 71.2 Å². The van der Waals surface area contributed by atoms with E-state index < -0.39 is 64.7 Å². The van der Waals surface area contributed by atoms with Gasteiger partial charge in [-0.25, -0.2) is 5.06 Å². The van der Waals surface area contributed by atoms with Crippen molar-refractivity contribution in [3.63, 3.8) is 0 Å². The van der Waals surface area contributed by atoms with Crippen LogP contribution in [0.1, 0.15) is 170 Å². The fourth-order valence-corrected chi connectivity index (χ4v) is 13.3. The largest absolute Gasteiger partial charge is 0.381 e. The van der Waals surface area contributed by atoms with Gasteiger partial charge in [0.1, 0.15) is 5.78 Å². The highest BCUT2D eigenvalue weighted by molar-refractivity contribution is 6.12. The molecular weight excluding hydrogens is 1060 g/mol. The number of amides is 7. The van der Waals surface area contributed by atoms with Gasteiger partial charge in [-0.3, -0.25) is 68.6 Å². The van der Waals surface area contributed by atoms with Gasteiger partial charge in [0.05, 0.1) is 48.8 Å². The van der Waals surface area contributed by atoms with Crippen LogP contribution in [0.4, 0.5) is 0 Å². The minimum absolute atomic E-state index is 0.00604. The number of likely N-dealkylation sites (N-methyl/N-ethyl adjacent to an activating group) is 1. The number of hydrazine groups is 1. The summed E-state index contributed by atoms with van der Waals surface area (Å²) < 4.78 is 12.3. The summed E-state index contributed by atoms with van der Waals surface area (Å²) in [6.45, 7) is 19.4. The maximum Gasteiger partial charge on any atom is 0.253 e. The van der Waals surface area contributed by atoms with Crippen molar-refractivity contribution in [3.05, 3.63) is 48.0 Å². The molecule has 12 atom stereocenters. The molecule has 19 nitrogen and oxygen atoms in total. The monoisotopic (exact) mass is 1160 g/mol. The van der Waals surface area contributed by atoms with Gasteiger partial charge in [0.15, 0.2) is 5.78 Å². The van der Waals surface area contributed by atoms with E-state index in [1.807, 2.05) is 69.7 Å². The molecule has 2 aliphatic carbocycles. The Hall–Kier alpha value is -5.37. The Morgan fingerprint density at radius 2 is 1.57 bits per heavy atom. The van der Waals surface area contributed by atoms with Crippen LogP contribution >= 0.6 is 0 Å². The Balaban J connectivity index is 0.981. The number of hydroxylamine groups is 2. The fraction of sp³-hybridized carbons (Fsp3) is 0.734. The van der Waals surface area contributed by atoms with Gasteiger partial charge >= 0.3 is 0 Å². The molecule has 19 heteroatoms. The SMILES string of the molecule is CCC(C)C(CC1CC1C(=O)C(NC(=O)C(C(C)C)N(C)CCCC(=O)NNC(=O)C(C)(C)CCN1C(=O)C=CC1=O)C(C)C)C(CC(=O)N1CCCC1C(OC)C(C)C(=O)CCCC1(C(=O)N2CCCCO2)CC1c1ccccc1)OC. The zero-order valence-electron chi connectivity index (χ0n) is 51.9. The van der Waals surface area contributed by atoms with E-state index in [1.54, 1.807) is 33.1 Å². The standard InChI is InChI=1S/C64H99N7O12/c1-13-42(6)46(36-45-37-47(45)58(77)56(40(2)3)65-60(78)57(41(4)5)68(10)31-21-26-52(73)66-67-61(79)63(8,9)30-34-70-53(74)27-28-54(70)75)51(81-11)38-55(76)69-32-20-24-49(69)59(82-12)43(7)50(72)25-19-29-64(62(80)71-33-17-18-35-83-71)39-48(64)44-22-15-14-16-23-44/h14-16,22-23,27-28,40-43,45-49,51,56-57,59H,13,17-21,24-26,29-39H2,1-12H3,(H,65,78)(H,66,73)(H,67,79). The van der Waals surface area contributed by atoms with Crippen LogP contribution in [-0.2, 0) is 57.5 Å². The number of benzene rings is 1. The number of ether oxygens (including phenoxy) is 2. The highest BCUT2D eigenvalue weighted by atomic mass is 16.7. The predicted molar refractivity (Wildman–Crippen MR) is 314 cm³/mol. The number of hydrogen-bond donors (Lipinski definition) is 3. The average molecular weight is 1160 g/mol. The van der Waals surface area contributed by atoms with Gasteiger partial charge in [0.25, 0.3) is 17.7 Å². The first kappa shape index (κ1) is 66.8. The van der Waals surface area contributed by atoms with Gasteiger partial charge in [0.2, 0.25) is 23.6 Å². The molecule has 4 fully saturated rings. The summed E-state index contributed by atoms with van der Waals surface area (Å²) in [4.78, 5) is 131. The van der Waals surface area contributed by atoms with Gasteiger partial charge in [-0.05, 0) is 125 Å². The number of hydrogen-bond acceptors (Lipinski definition) is 13. The van der Waals surface area contributed by atoms with Crippen molar-refractivity contribution in [2.24, 2.45) is 52.3 Å². The summed E-state index contributed by atoms with van der Waals surface area (Å²) in [7, 11) is 5.09. The summed E-state index contributed by atoms with van der Waals surface area (Å²) in [5, 5.41) is 4.69. The third-order valence-electron chi connectivity index (χ3n) is 19.0. The van der Waals surface area contributed by atoms with Crippen molar-refractivity contribution in [2.45, 2.75) is 195 Å². The molecule has 3 aliphatic heterocycles. The van der Waals surface area contributed by atoms with Crippen LogP contribution in [0.3, 0.4) is 0 Å². The molecule has 1 aromatic carbocycles. The molecule has 0 aromatic heterocycles. The zero-order valence-corrected chi connectivity index (χ0v) is 51.9. The van der Waals surface area contributed by atoms with Gasteiger partial charge in [-0.1, -0.05) is 99.1 Å². The summed E-state index contributed by atoms with van der Waals surface area (Å²) in [6.07, 6.45) is 10.1. The number of nitrogens with one attached hydrogen (secondary N) is 3. The molecule has 3 heterocycles. The first-order valence-corrected chi connectivity index (χ1v) is 31.0. The molecule has 0 bridgehead atoms. The molecule has 462 valence electrons. The summed E-state index contributed by atoms with van der Waals surface area (Å²) in [5.74, 6) is -2.62. The second kappa shape index (κ2) is 30.1. The fourth-order valence-electron chi connectivity index (χ4n) is 13.3. The number of carbonyl (C=O) groups is 9. The number of rotatable bonds is 33. The van der Waals surface area contributed by atoms with Crippen molar-refractivity contribution in [3.8, 4) is 0 Å². The second-order valence-corrected chi connectivity index (χ2v) is 25.9.